The molecular formula is C13H11F3N2O. The summed E-state index contributed by atoms with van der Waals surface area (Å²) >= 11 is 0. The largest absolute Gasteiger partial charge is 0.421 e. The number of hydrogen-bond acceptors (Lipinski definition) is 2. The van der Waals surface area contributed by atoms with Gasteiger partial charge in [-0.3, -0.25) is 9.36 Å². The minimum Gasteiger partial charge on any atom is -0.326 e. The maximum Gasteiger partial charge on any atom is 0.421 e. The molecule has 19 heavy (non-hydrogen) atoms. The van der Waals surface area contributed by atoms with Crippen LogP contribution in [0.1, 0.15) is 11.1 Å². The highest BCUT2D eigenvalue weighted by atomic mass is 19.4. The van der Waals surface area contributed by atoms with E-state index in [1.54, 1.807) is 24.3 Å². The van der Waals surface area contributed by atoms with E-state index in [2.05, 4.69) is 0 Å². The van der Waals surface area contributed by atoms with Crippen molar-refractivity contribution >= 4 is 0 Å². The van der Waals surface area contributed by atoms with Crippen molar-refractivity contribution in [3.8, 4) is 5.69 Å². The van der Waals surface area contributed by atoms with E-state index < -0.39 is 17.3 Å². The number of nitrogens with zero attached hydrogens (tertiary/aromatic N) is 1. The first-order valence-corrected chi connectivity index (χ1v) is 5.51. The molecule has 0 amide bonds. The summed E-state index contributed by atoms with van der Waals surface area (Å²) in [6.45, 7) is 0.252. The highest BCUT2D eigenvalue weighted by Crippen LogP contribution is 2.26. The normalized spacial score (nSPS) is 11.6. The fourth-order valence-corrected chi connectivity index (χ4v) is 1.75. The van der Waals surface area contributed by atoms with Gasteiger partial charge in [0.1, 0.15) is 5.56 Å². The van der Waals surface area contributed by atoms with Gasteiger partial charge in [0.05, 0.1) is 0 Å². The fourth-order valence-electron chi connectivity index (χ4n) is 1.75. The third kappa shape index (κ3) is 2.68. The molecule has 1 aromatic heterocycles. The van der Waals surface area contributed by atoms with Gasteiger partial charge in [0, 0.05) is 18.4 Å². The number of benzene rings is 1. The predicted octanol–water partition coefficient (Wildman–Crippen LogP) is 2.32. The van der Waals surface area contributed by atoms with Crippen molar-refractivity contribution in [1.82, 2.24) is 4.57 Å². The van der Waals surface area contributed by atoms with Crippen LogP contribution in [0.3, 0.4) is 0 Å². The van der Waals surface area contributed by atoms with Crippen LogP contribution in [0.4, 0.5) is 13.2 Å². The number of hydrogen-bond donors (Lipinski definition) is 1. The summed E-state index contributed by atoms with van der Waals surface area (Å²) in [6, 6.07) is 8.49. The van der Waals surface area contributed by atoms with Gasteiger partial charge in [-0.1, -0.05) is 12.1 Å². The van der Waals surface area contributed by atoms with Gasteiger partial charge < -0.3 is 5.73 Å². The second-order valence-electron chi connectivity index (χ2n) is 3.97. The lowest BCUT2D eigenvalue weighted by atomic mass is 10.2. The molecule has 0 saturated carbocycles. The van der Waals surface area contributed by atoms with Gasteiger partial charge in [-0.25, -0.2) is 0 Å². The average molecular weight is 268 g/mol. The molecular weight excluding hydrogens is 257 g/mol. The maximum atomic E-state index is 12.7. The molecule has 0 aliphatic carbocycles. The van der Waals surface area contributed by atoms with Crippen LogP contribution in [0.5, 0.6) is 0 Å². The predicted molar refractivity (Wildman–Crippen MR) is 64.9 cm³/mol. The Kier molecular flexibility index (Phi) is 3.44. The molecule has 100 valence electrons. The van der Waals surface area contributed by atoms with Crippen molar-refractivity contribution in [2.24, 2.45) is 5.73 Å². The van der Waals surface area contributed by atoms with E-state index >= 15 is 0 Å². The minimum atomic E-state index is -4.66. The van der Waals surface area contributed by atoms with Gasteiger partial charge in [0.2, 0.25) is 0 Å². The molecule has 3 nitrogen and oxygen atoms in total. The lowest BCUT2D eigenvalue weighted by Crippen LogP contribution is -2.27. The van der Waals surface area contributed by atoms with E-state index in [-0.39, 0.29) is 6.54 Å². The highest BCUT2D eigenvalue weighted by molar-refractivity contribution is 5.37. The van der Waals surface area contributed by atoms with Crippen LogP contribution >= 0.6 is 0 Å². The molecule has 0 atom stereocenters. The first-order valence-electron chi connectivity index (χ1n) is 5.51. The Morgan fingerprint density at radius 2 is 1.89 bits per heavy atom. The lowest BCUT2D eigenvalue weighted by Gasteiger charge is -2.11. The molecule has 0 unspecified atom stereocenters. The Morgan fingerprint density at radius 1 is 1.16 bits per heavy atom. The number of aromatic nitrogens is 1. The number of halogens is 3. The Bertz CT molecular complexity index is 647. The molecule has 6 heteroatoms. The summed E-state index contributed by atoms with van der Waals surface area (Å²) in [4.78, 5) is 11.8. The molecule has 2 aromatic rings. The zero-order valence-electron chi connectivity index (χ0n) is 9.82. The van der Waals surface area contributed by atoms with Crippen LogP contribution in [0.15, 0.2) is 47.4 Å². The molecule has 0 fully saturated rings. The van der Waals surface area contributed by atoms with Crippen molar-refractivity contribution in [3.05, 3.63) is 64.1 Å². The van der Waals surface area contributed by atoms with Crippen LogP contribution in [-0.4, -0.2) is 4.57 Å². The summed E-state index contributed by atoms with van der Waals surface area (Å²) in [7, 11) is 0. The van der Waals surface area contributed by atoms with Gasteiger partial charge in [-0.2, -0.15) is 13.2 Å². The number of nitrogens with two attached hydrogens (primary N) is 1. The van der Waals surface area contributed by atoms with Crippen LogP contribution < -0.4 is 11.3 Å². The van der Waals surface area contributed by atoms with Crippen LogP contribution in [0.2, 0.25) is 0 Å². The molecule has 2 rings (SSSR count). The number of alkyl halides is 3. The topological polar surface area (TPSA) is 48.0 Å². The molecule has 0 aliphatic rings. The molecule has 0 radical (unpaired) electrons. The summed E-state index contributed by atoms with van der Waals surface area (Å²) < 4.78 is 38.9. The fraction of sp³-hybridized carbons (Fsp3) is 0.154. The second kappa shape index (κ2) is 4.89. The molecule has 0 aliphatic heterocycles. The van der Waals surface area contributed by atoms with Crippen LogP contribution in [-0.2, 0) is 12.7 Å². The molecule has 0 spiro atoms. The zero-order valence-corrected chi connectivity index (χ0v) is 9.82. The number of pyridine rings is 1. The lowest BCUT2D eigenvalue weighted by molar-refractivity contribution is -0.138. The average Bonchev–Trinajstić information content (AvgIpc) is 2.37. The Morgan fingerprint density at radius 3 is 2.53 bits per heavy atom. The zero-order chi connectivity index (χ0) is 14.0. The summed E-state index contributed by atoms with van der Waals surface area (Å²) in [6.07, 6.45) is -3.36. The Hall–Kier alpha value is -2.08. The minimum absolute atomic E-state index is 0.252. The van der Waals surface area contributed by atoms with Crippen molar-refractivity contribution in [3.63, 3.8) is 0 Å². The summed E-state index contributed by atoms with van der Waals surface area (Å²) in [5.41, 5.74) is 4.28. The van der Waals surface area contributed by atoms with E-state index in [4.69, 9.17) is 5.73 Å². The van der Waals surface area contributed by atoms with Crippen molar-refractivity contribution in [2.45, 2.75) is 12.7 Å². The van der Waals surface area contributed by atoms with Gasteiger partial charge >= 0.3 is 6.18 Å². The van der Waals surface area contributed by atoms with Crippen molar-refractivity contribution in [1.29, 1.82) is 0 Å². The quantitative estimate of drug-likeness (QED) is 0.908. The molecule has 0 bridgehead atoms. The smallest absolute Gasteiger partial charge is 0.326 e. The van der Waals surface area contributed by atoms with Crippen LogP contribution in [0.25, 0.3) is 5.69 Å². The standard InChI is InChI=1S/C13H11F3N2O/c14-13(15,16)11-5-2-6-18(12(11)19)10-4-1-3-9(7-10)8-17/h1-7H,8,17H2. The highest BCUT2D eigenvalue weighted by Gasteiger charge is 2.34. The van der Waals surface area contributed by atoms with Gasteiger partial charge in [0.15, 0.2) is 0 Å². The Labute approximate surface area is 107 Å². The first-order chi connectivity index (χ1) is 8.93. The number of rotatable bonds is 2. The SMILES string of the molecule is NCc1cccc(-n2cccc(C(F)(F)F)c2=O)c1. The van der Waals surface area contributed by atoms with Gasteiger partial charge in [-0.15, -0.1) is 0 Å². The second-order valence-corrected chi connectivity index (χ2v) is 3.97. The van der Waals surface area contributed by atoms with Crippen molar-refractivity contribution in [2.75, 3.05) is 0 Å². The van der Waals surface area contributed by atoms with Crippen LogP contribution in [0, 0.1) is 0 Å². The third-order valence-electron chi connectivity index (χ3n) is 2.68. The summed E-state index contributed by atoms with van der Waals surface area (Å²) in [5, 5.41) is 0. The first kappa shape index (κ1) is 13.4. The third-order valence-corrected chi connectivity index (χ3v) is 2.68. The van der Waals surface area contributed by atoms with E-state index in [9.17, 15) is 18.0 Å². The monoisotopic (exact) mass is 268 g/mol. The molecule has 1 aromatic carbocycles. The van der Waals surface area contributed by atoms with Gasteiger partial charge in [-0.05, 0) is 29.8 Å². The van der Waals surface area contributed by atoms with E-state index in [0.29, 0.717) is 5.69 Å². The molecule has 0 saturated heterocycles. The summed E-state index contributed by atoms with van der Waals surface area (Å²) in [5.74, 6) is 0. The van der Waals surface area contributed by atoms with Gasteiger partial charge in [0.25, 0.3) is 5.56 Å². The molecule has 1 heterocycles. The maximum absolute atomic E-state index is 12.7. The molecule has 2 N–H and O–H groups in total. The van der Waals surface area contributed by atoms with E-state index in [1.807, 2.05) is 0 Å². The Balaban J connectivity index is 2.60. The van der Waals surface area contributed by atoms with Crippen molar-refractivity contribution < 1.29 is 13.2 Å². The van der Waals surface area contributed by atoms with E-state index in [1.165, 1.54) is 12.3 Å². The van der Waals surface area contributed by atoms with E-state index in [0.717, 1.165) is 16.2 Å².